The predicted molar refractivity (Wildman–Crippen MR) is 110 cm³/mol. The maximum absolute atomic E-state index is 13.8. The van der Waals surface area contributed by atoms with Crippen LogP contribution in [0, 0.1) is 12.7 Å². The van der Waals surface area contributed by atoms with Crippen molar-refractivity contribution in [3.05, 3.63) is 64.1 Å². The highest BCUT2D eigenvalue weighted by molar-refractivity contribution is 9.10. The molecule has 146 valence electrons. The number of thioether (sulfide) groups is 1. The molecule has 0 bridgehead atoms. The summed E-state index contributed by atoms with van der Waals surface area (Å²) in [5.74, 6) is 0.690. The van der Waals surface area contributed by atoms with Gasteiger partial charge in [0.25, 0.3) is 0 Å². The van der Waals surface area contributed by atoms with Crippen molar-refractivity contribution in [1.82, 2.24) is 14.8 Å². The summed E-state index contributed by atoms with van der Waals surface area (Å²) in [5.41, 5.74) is 1.18. The average Bonchev–Trinajstić information content (AvgIpc) is 3.01. The van der Waals surface area contributed by atoms with Crippen LogP contribution in [0.2, 0.25) is 0 Å². The number of hydrogen-bond acceptors (Lipinski definition) is 5. The van der Waals surface area contributed by atoms with Crippen molar-refractivity contribution in [1.29, 1.82) is 0 Å². The third-order valence-electron chi connectivity index (χ3n) is 3.91. The summed E-state index contributed by atoms with van der Waals surface area (Å²) in [5, 5.41) is 11.3. The number of carbonyl (C=O) groups is 1. The fourth-order valence-electron chi connectivity index (χ4n) is 2.36. The molecule has 9 heteroatoms. The van der Waals surface area contributed by atoms with Gasteiger partial charge < -0.3 is 14.6 Å². The first kappa shape index (κ1) is 20.3. The topological polar surface area (TPSA) is 69.0 Å². The summed E-state index contributed by atoms with van der Waals surface area (Å²) in [6.07, 6.45) is 0. The molecule has 6 nitrogen and oxygen atoms in total. The molecule has 0 saturated heterocycles. The van der Waals surface area contributed by atoms with E-state index in [0.29, 0.717) is 15.5 Å². The Bertz CT molecular complexity index is 996. The van der Waals surface area contributed by atoms with E-state index in [-0.39, 0.29) is 24.0 Å². The van der Waals surface area contributed by atoms with Gasteiger partial charge in [0, 0.05) is 11.5 Å². The zero-order valence-electron chi connectivity index (χ0n) is 15.3. The smallest absolute Gasteiger partial charge is 0.234 e. The molecule has 2 aromatic carbocycles. The Morgan fingerprint density at radius 1 is 1.29 bits per heavy atom. The van der Waals surface area contributed by atoms with Gasteiger partial charge in [-0.2, -0.15) is 0 Å². The van der Waals surface area contributed by atoms with Gasteiger partial charge in [-0.05, 0) is 36.8 Å². The molecule has 0 unspecified atom stereocenters. The highest BCUT2D eigenvalue weighted by Gasteiger charge is 2.13. The summed E-state index contributed by atoms with van der Waals surface area (Å²) >= 11 is 4.40. The van der Waals surface area contributed by atoms with E-state index < -0.39 is 5.82 Å². The van der Waals surface area contributed by atoms with Crippen molar-refractivity contribution in [2.45, 2.75) is 18.7 Å². The number of carbonyl (C=O) groups excluding carboxylic acids is 1. The number of nitrogens with zero attached hydrogens (tertiary/aromatic N) is 3. The third-order valence-corrected chi connectivity index (χ3v) is 5.43. The third kappa shape index (κ3) is 5.11. The van der Waals surface area contributed by atoms with Gasteiger partial charge in [-0.3, -0.25) is 4.79 Å². The Hall–Kier alpha value is -2.39. The van der Waals surface area contributed by atoms with E-state index in [2.05, 4.69) is 31.4 Å². The Morgan fingerprint density at radius 3 is 2.82 bits per heavy atom. The zero-order chi connectivity index (χ0) is 20.1. The van der Waals surface area contributed by atoms with Crippen LogP contribution in [0.1, 0.15) is 11.4 Å². The minimum Gasteiger partial charge on any atom is -0.485 e. The molecule has 1 heterocycles. The van der Waals surface area contributed by atoms with Gasteiger partial charge in [0.2, 0.25) is 5.91 Å². The minimum atomic E-state index is -0.498. The van der Waals surface area contributed by atoms with Crippen molar-refractivity contribution in [3.63, 3.8) is 0 Å². The normalized spacial score (nSPS) is 10.7. The van der Waals surface area contributed by atoms with Crippen LogP contribution in [-0.2, 0) is 18.4 Å². The molecule has 0 spiro atoms. The minimum absolute atomic E-state index is 0.0835. The van der Waals surface area contributed by atoms with E-state index in [1.165, 1.54) is 23.9 Å². The largest absolute Gasteiger partial charge is 0.485 e. The van der Waals surface area contributed by atoms with Crippen molar-refractivity contribution < 1.29 is 13.9 Å². The van der Waals surface area contributed by atoms with Gasteiger partial charge in [-0.15, -0.1) is 10.2 Å². The number of nitrogens with one attached hydrogen (secondary N) is 1. The SMILES string of the molecule is Cc1ccccc1OCc1nnc(SCC(=O)Nc2ccc(Br)cc2F)n1C. The number of ether oxygens (including phenoxy) is 1. The summed E-state index contributed by atoms with van der Waals surface area (Å²) < 4.78 is 22.0. The van der Waals surface area contributed by atoms with Crippen LogP contribution in [0.3, 0.4) is 0 Å². The summed E-state index contributed by atoms with van der Waals surface area (Å²) in [4.78, 5) is 12.1. The number of amides is 1. The van der Waals surface area contributed by atoms with E-state index in [1.54, 1.807) is 10.6 Å². The molecule has 1 amide bonds. The van der Waals surface area contributed by atoms with Crippen LogP contribution in [-0.4, -0.2) is 26.4 Å². The highest BCUT2D eigenvalue weighted by Crippen LogP contribution is 2.22. The molecule has 28 heavy (non-hydrogen) atoms. The number of aromatic nitrogens is 3. The van der Waals surface area contributed by atoms with E-state index in [4.69, 9.17) is 4.74 Å². The Morgan fingerprint density at radius 2 is 2.07 bits per heavy atom. The van der Waals surface area contributed by atoms with E-state index in [9.17, 15) is 9.18 Å². The van der Waals surface area contributed by atoms with E-state index in [1.807, 2.05) is 38.2 Å². The lowest BCUT2D eigenvalue weighted by molar-refractivity contribution is -0.113. The first-order valence-corrected chi connectivity index (χ1v) is 10.2. The average molecular weight is 465 g/mol. The van der Waals surface area contributed by atoms with Crippen molar-refractivity contribution in [2.24, 2.45) is 7.05 Å². The quantitative estimate of drug-likeness (QED) is 0.526. The number of para-hydroxylation sites is 1. The van der Waals surface area contributed by atoms with Gasteiger partial charge in [0.1, 0.15) is 18.2 Å². The Kier molecular flexibility index (Phi) is 6.69. The summed E-state index contributed by atoms with van der Waals surface area (Å²) in [6, 6.07) is 12.2. The highest BCUT2D eigenvalue weighted by atomic mass is 79.9. The Labute approximate surface area is 174 Å². The van der Waals surface area contributed by atoms with E-state index >= 15 is 0 Å². The van der Waals surface area contributed by atoms with Crippen LogP contribution >= 0.6 is 27.7 Å². The van der Waals surface area contributed by atoms with E-state index in [0.717, 1.165) is 11.3 Å². The lowest BCUT2D eigenvalue weighted by Crippen LogP contribution is -2.15. The fraction of sp³-hybridized carbons (Fsp3) is 0.211. The van der Waals surface area contributed by atoms with Crippen molar-refractivity contribution in [2.75, 3.05) is 11.1 Å². The van der Waals surface area contributed by atoms with Gasteiger partial charge in [0.15, 0.2) is 11.0 Å². The molecule has 0 aliphatic heterocycles. The first-order valence-electron chi connectivity index (χ1n) is 8.38. The summed E-state index contributed by atoms with van der Waals surface area (Å²) in [7, 11) is 1.81. The molecule has 0 fully saturated rings. The number of halogens is 2. The van der Waals surface area contributed by atoms with Gasteiger partial charge in [0.05, 0.1) is 11.4 Å². The number of benzene rings is 2. The number of hydrogen-bond donors (Lipinski definition) is 1. The number of anilines is 1. The standard InChI is InChI=1S/C19H18BrFN4O2S/c1-12-5-3-4-6-16(12)27-10-17-23-24-19(25(17)2)28-11-18(26)22-15-8-7-13(20)9-14(15)21/h3-9H,10-11H2,1-2H3,(H,22,26). The molecule has 0 aliphatic rings. The van der Waals surface area contributed by atoms with Gasteiger partial charge in [-0.25, -0.2) is 4.39 Å². The van der Waals surface area contributed by atoms with Crippen LogP contribution in [0.4, 0.5) is 10.1 Å². The molecule has 0 aliphatic carbocycles. The second-order valence-electron chi connectivity index (χ2n) is 5.97. The van der Waals surface area contributed by atoms with Crippen molar-refractivity contribution >= 4 is 39.3 Å². The fourth-order valence-corrected chi connectivity index (χ4v) is 3.43. The monoisotopic (exact) mass is 464 g/mol. The molecular formula is C19H18BrFN4O2S. The molecule has 0 radical (unpaired) electrons. The molecule has 1 N–H and O–H groups in total. The van der Waals surface area contributed by atoms with Gasteiger partial charge in [-0.1, -0.05) is 45.9 Å². The van der Waals surface area contributed by atoms with Crippen LogP contribution in [0.15, 0.2) is 52.1 Å². The molecule has 1 aromatic heterocycles. The maximum Gasteiger partial charge on any atom is 0.234 e. The second-order valence-corrected chi connectivity index (χ2v) is 7.83. The first-order chi connectivity index (χ1) is 13.4. The summed E-state index contributed by atoms with van der Waals surface area (Å²) in [6.45, 7) is 2.24. The number of rotatable bonds is 7. The molecule has 3 aromatic rings. The number of aryl methyl sites for hydroxylation is 1. The molecule has 3 rings (SSSR count). The molecular weight excluding hydrogens is 447 g/mol. The Balaban J connectivity index is 1.55. The van der Waals surface area contributed by atoms with Crippen molar-refractivity contribution in [3.8, 4) is 5.75 Å². The molecule has 0 atom stereocenters. The molecule has 0 saturated carbocycles. The second kappa shape index (κ2) is 9.20. The lowest BCUT2D eigenvalue weighted by atomic mass is 10.2. The van der Waals surface area contributed by atoms with Crippen LogP contribution in [0.25, 0.3) is 0 Å². The lowest BCUT2D eigenvalue weighted by Gasteiger charge is -2.09. The predicted octanol–water partition coefficient (Wildman–Crippen LogP) is 4.33. The van der Waals surface area contributed by atoms with Crippen LogP contribution < -0.4 is 10.1 Å². The van der Waals surface area contributed by atoms with Crippen LogP contribution in [0.5, 0.6) is 5.75 Å². The maximum atomic E-state index is 13.8. The zero-order valence-corrected chi connectivity index (χ0v) is 17.7. The van der Waals surface area contributed by atoms with Gasteiger partial charge >= 0.3 is 0 Å².